The first-order valence-corrected chi connectivity index (χ1v) is 13.6. The number of benzene rings is 2. The number of carbonyl (C=O) groups is 2. The van der Waals surface area contributed by atoms with Gasteiger partial charge in [-0.2, -0.15) is 11.3 Å². The van der Waals surface area contributed by atoms with E-state index in [0.29, 0.717) is 27.1 Å². The van der Waals surface area contributed by atoms with Gasteiger partial charge in [-0.3, -0.25) is 13.9 Å². The highest BCUT2D eigenvalue weighted by Crippen LogP contribution is 2.48. The second kappa shape index (κ2) is 10.2. The van der Waals surface area contributed by atoms with E-state index in [1.54, 1.807) is 60.7 Å². The number of thiophene rings is 1. The average molecular weight is 620 g/mol. The number of Topliss-reactive ketones (excluding diaryl/α,β-unsaturated/α-hetero) is 1. The zero-order chi connectivity index (χ0) is 25.4. The van der Waals surface area contributed by atoms with E-state index >= 15 is 0 Å². The third-order valence-corrected chi connectivity index (χ3v) is 8.39. The molecule has 36 heavy (non-hydrogen) atoms. The van der Waals surface area contributed by atoms with Crippen molar-refractivity contribution in [1.82, 2.24) is 9.29 Å². The van der Waals surface area contributed by atoms with E-state index in [2.05, 4.69) is 28.7 Å². The second-order valence-electron chi connectivity index (χ2n) is 8.16. The molecule has 0 radical (unpaired) electrons. The molecule has 1 unspecified atom stereocenters. The summed E-state index contributed by atoms with van der Waals surface area (Å²) in [5.74, 6) is -1.11. The summed E-state index contributed by atoms with van der Waals surface area (Å²) in [7, 11) is 0. The summed E-state index contributed by atoms with van der Waals surface area (Å²) in [4.78, 5) is 32.0. The van der Waals surface area contributed by atoms with Gasteiger partial charge in [-0.15, -0.1) is 0 Å². The van der Waals surface area contributed by atoms with E-state index in [-0.39, 0.29) is 18.1 Å². The van der Waals surface area contributed by atoms with Crippen molar-refractivity contribution in [3.8, 4) is 11.6 Å². The number of amides is 1. The molecule has 5 nitrogen and oxygen atoms in total. The van der Waals surface area contributed by atoms with Crippen LogP contribution in [0.3, 0.4) is 0 Å². The monoisotopic (exact) mass is 618 g/mol. The standard InChI is InChI=1S/C26H17BrCl2N2O3S2/c27-16-8-9-21(19(29)12-16)34-23-7-3-6-22(30-23)26(15-10-11-36-14-15)13-20(32)24(25(33)31(26)35)17-4-1-2-5-18(17)28/h1-12,14,24,35H,13H2/t24?,26-/m0/s1. The van der Waals surface area contributed by atoms with Gasteiger partial charge in [0, 0.05) is 22.0 Å². The van der Waals surface area contributed by atoms with E-state index in [9.17, 15) is 9.59 Å². The molecule has 1 aliphatic rings. The maximum absolute atomic E-state index is 13.7. The average Bonchev–Trinajstić information content (AvgIpc) is 3.40. The first kappa shape index (κ1) is 25.3. The Hall–Kier alpha value is -2.36. The summed E-state index contributed by atoms with van der Waals surface area (Å²) in [5, 5.41) is 4.54. The molecule has 5 rings (SSSR count). The fourth-order valence-electron chi connectivity index (χ4n) is 4.34. The second-order valence-corrected chi connectivity index (χ2v) is 11.1. The van der Waals surface area contributed by atoms with Crippen molar-refractivity contribution in [2.45, 2.75) is 17.9 Å². The Morgan fingerprint density at radius 1 is 1.06 bits per heavy atom. The maximum Gasteiger partial charge on any atom is 0.248 e. The highest BCUT2D eigenvalue weighted by molar-refractivity contribution is 9.10. The van der Waals surface area contributed by atoms with Crippen molar-refractivity contribution in [3.05, 3.63) is 109 Å². The Morgan fingerprint density at radius 2 is 1.86 bits per heavy atom. The Morgan fingerprint density at radius 3 is 2.58 bits per heavy atom. The molecule has 182 valence electrons. The van der Waals surface area contributed by atoms with Gasteiger partial charge in [0.15, 0.2) is 5.78 Å². The molecule has 0 N–H and O–H groups in total. The normalized spacial score (nSPS) is 20.0. The lowest BCUT2D eigenvalue weighted by Crippen LogP contribution is -2.54. The number of piperidine rings is 1. The number of hydrogen-bond acceptors (Lipinski definition) is 6. The van der Waals surface area contributed by atoms with Crippen molar-refractivity contribution in [2.24, 2.45) is 0 Å². The van der Waals surface area contributed by atoms with E-state index in [1.807, 2.05) is 16.8 Å². The third kappa shape index (κ3) is 4.46. The summed E-state index contributed by atoms with van der Waals surface area (Å²) in [6, 6.07) is 19.2. The molecule has 1 fully saturated rings. The van der Waals surface area contributed by atoms with Crippen LogP contribution in [-0.4, -0.2) is 21.0 Å². The van der Waals surface area contributed by atoms with Crippen molar-refractivity contribution in [1.29, 1.82) is 0 Å². The number of hydrogen-bond donors (Lipinski definition) is 1. The van der Waals surface area contributed by atoms with Gasteiger partial charge >= 0.3 is 0 Å². The number of nitrogens with zero attached hydrogens (tertiary/aromatic N) is 2. The number of ether oxygens (including phenoxy) is 1. The Kier molecular flexibility index (Phi) is 7.16. The van der Waals surface area contributed by atoms with Crippen LogP contribution in [0.15, 0.2) is 82.0 Å². The number of carbonyl (C=O) groups excluding carboxylic acids is 2. The van der Waals surface area contributed by atoms with Gasteiger partial charge < -0.3 is 4.74 Å². The minimum Gasteiger partial charge on any atom is -0.437 e. The van der Waals surface area contributed by atoms with Crippen LogP contribution in [0.1, 0.15) is 29.2 Å². The molecule has 2 atom stereocenters. The van der Waals surface area contributed by atoms with Gasteiger partial charge in [0.1, 0.15) is 17.2 Å². The van der Waals surface area contributed by atoms with Crippen molar-refractivity contribution >= 4 is 75.0 Å². The molecule has 0 saturated carbocycles. The number of halogens is 3. The quantitative estimate of drug-likeness (QED) is 0.184. The highest BCUT2D eigenvalue weighted by Gasteiger charge is 2.53. The summed E-state index contributed by atoms with van der Waals surface area (Å²) in [6.45, 7) is 0. The number of rotatable bonds is 5. The molecule has 0 spiro atoms. The SMILES string of the molecule is O=C1C[C@](c2ccsc2)(c2cccc(Oc3ccc(Br)cc3Cl)n2)N(S)C(=O)C1c1ccccc1Cl. The zero-order valence-electron chi connectivity index (χ0n) is 18.4. The van der Waals surface area contributed by atoms with Crippen molar-refractivity contribution < 1.29 is 14.3 Å². The number of thiol groups is 1. The summed E-state index contributed by atoms with van der Waals surface area (Å²) < 4.78 is 8.09. The van der Waals surface area contributed by atoms with Crippen LogP contribution in [0.5, 0.6) is 11.6 Å². The molecule has 2 aromatic heterocycles. The molecular formula is C26H17BrCl2N2O3S2. The first-order chi connectivity index (χ1) is 17.3. The predicted octanol–water partition coefficient (Wildman–Crippen LogP) is 7.68. The summed E-state index contributed by atoms with van der Waals surface area (Å²) in [5.41, 5.74) is 0.397. The lowest BCUT2D eigenvalue weighted by atomic mass is 9.75. The zero-order valence-corrected chi connectivity index (χ0v) is 23.2. The molecule has 1 saturated heterocycles. The Bertz CT molecular complexity index is 1470. The van der Waals surface area contributed by atoms with Gasteiger partial charge in [-0.05, 0) is 58.3 Å². The van der Waals surface area contributed by atoms with Crippen LogP contribution >= 0.6 is 63.3 Å². The van der Waals surface area contributed by atoms with Gasteiger partial charge in [-0.25, -0.2) is 4.98 Å². The van der Waals surface area contributed by atoms with E-state index < -0.39 is 17.4 Å². The first-order valence-electron chi connectivity index (χ1n) is 10.7. The van der Waals surface area contributed by atoms with Gasteiger partial charge in [0.05, 0.1) is 10.7 Å². The molecule has 10 heteroatoms. The van der Waals surface area contributed by atoms with Crippen LogP contribution in [0.4, 0.5) is 0 Å². The minimum atomic E-state index is -1.24. The molecule has 3 heterocycles. The molecule has 0 bridgehead atoms. The molecule has 1 aliphatic heterocycles. The van der Waals surface area contributed by atoms with Gasteiger partial charge in [-0.1, -0.05) is 76.2 Å². The lowest BCUT2D eigenvalue weighted by molar-refractivity contribution is -0.142. The predicted molar refractivity (Wildman–Crippen MR) is 148 cm³/mol. The fraction of sp³-hybridized carbons (Fsp3) is 0.115. The van der Waals surface area contributed by atoms with Crippen LogP contribution in [0, 0.1) is 0 Å². The van der Waals surface area contributed by atoms with Crippen LogP contribution in [-0.2, 0) is 15.1 Å². The maximum atomic E-state index is 13.7. The highest BCUT2D eigenvalue weighted by atomic mass is 79.9. The summed E-state index contributed by atoms with van der Waals surface area (Å²) in [6.07, 6.45) is -0.0373. The van der Waals surface area contributed by atoms with Crippen LogP contribution in [0.2, 0.25) is 10.0 Å². The van der Waals surface area contributed by atoms with E-state index in [0.717, 1.165) is 10.0 Å². The number of ketones is 1. The van der Waals surface area contributed by atoms with Crippen molar-refractivity contribution in [2.75, 3.05) is 0 Å². The largest absolute Gasteiger partial charge is 0.437 e. The molecule has 0 aliphatic carbocycles. The lowest BCUT2D eigenvalue weighted by Gasteiger charge is -2.45. The molecular weight excluding hydrogens is 603 g/mol. The smallest absolute Gasteiger partial charge is 0.248 e. The Labute approximate surface area is 235 Å². The fourth-order valence-corrected chi connectivity index (χ4v) is 6.42. The minimum absolute atomic E-state index is 0.0373. The number of aromatic nitrogens is 1. The van der Waals surface area contributed by atoms with Gasteiger partial charge in [0.2, 0.25) is 11.8 Å². The summed E-state index contributed by atoms with van der Waals surface area (Å²) >= 11 is 22.2. The Balaban J connectivity index is 1.59. The third-order valence-electron chi connectivity index (χ3n) is 6.04. The molecule has 4 aromatic rings. The van der Waals surface area contributed by atoms with Crippen LogP contribution in [0.25, 0.3) is 0 Å². The topological polar surface area (TPSA) is 59.5 Å². The van der Waals surface area contributed by atoms with E-state index in [4.69, 9.17) is 32.9 Å². The molecule has 1 amide bonds. The van der Waals surface area contributed by atoms with Crippen molar-refractivity contribution in [3.63, 3.8) is 0 Å². The van der Waals surface area contributed by atoms with E-state index in [1.165, 1.54) is 15.6 Å². The van der Waals surface area contributed by atoms with Gasteiger partial charge in [0.25, 0.3) is 0 Å². The molecule has 2 aromatic carbocycles. The van der Waals surface area contributed by atoms with Crippen LogP contribution < -0.4 is 4.74 Å². The number of pyridine rings is 1.